The van der Waals surface area contributed by atoms with Crippen molar-refractivity contribution >= 4 is 29.1 Å². The number of nitrogens with zero attached hydrogens (tertiary/aromatic N) is 1. The van der Waals surface area contributed by atoms with Crippen molar-refractivity contribution in [1.82, 2.24) is 4.90 Å². The maximum atomic E-state index is 13.3. The molecule has 4 nitrogen and oxygen atoms in total. The van der Waals surface area contributed by atoms with Crippen LogP contribution >= 0.6 is 11.6 Å². The lowest BCUT2D eigenvalue weighted by atomic mass is 10.0. The lowest BCUT2D eigenvalue weighted by Crippen LogP contribution is -2.45. The van der Waals surface area contributed by atoms with Gasteiger partial charge in [0.15, 0.2) is 0 Å². The molecule has 2 amide bonds. The molecule has 1 atom stereocenters. The van der Waals surface area contributed by atoms with Crippen LogP contribution in [0.4, 0.5) is 5.69 Å². The van der Waals surface area contributed by atoms with Crippen LogP contribution in [0, 0.1) is 6.92 Å². The number of benzene rings is 3. The summed E-state index contributed by atoms with van der Waals surface area (Å²) in [5.41, 5.74) is 4.07. The Hall–Kier alpha value is -3.11. The predicted molar refractivity (Wildman–Crippen MR) is 115 cm³/mol. The smallest absolute Gasteiger partial charge is 0.255 e. The van der Waals surface area contributed by atoms with Gasteiger partial charge in [-0.05, 0) is 41.8 Å². The monoisotopic (exact) mass is 404 g/mol. The molecule has 1 heterocycles. The van der Waals surface area contributed by atoms with Crippen molar-refractivity contribution in [3.63, 3.8) is 0 Å². The van der Waals surface area contributed by atoms with Gasteiger partial charge in [0, 0.05) is 29.2 Å². The van der Waals surface area contributed by atoms with E-state index in [0.717, 1.165) is 16.7 Å². The molecule has 0 unspecified atom stereocenters. The predicted octanol–water partition coefficient (Wildman–Crippen LogP) is 4.85. The molecule has 1 N–H and O–H groups in total. The minimum Gasteiger partial charge on any atom is -0.324 e. The fourth-order valence-corrected chi connectivity index (χ4v) is 3.84. The summed E-state index contributed by atoms with van der Waals surface area (Å²) < 4.78 is 0. The number of carbonyl (C=O) groups excluding carboxylic acids is 2. The van der Waals surface area contributed by atoms with E-state index in [1.165, 1.54) is 0 Å². The van der Waals surface area contributed by atoms with Crippen LogP contribution in [0.15, 0.2) is 72.8 Å². The van der Waals surface area contributed by atoms with Crippen LogP contribution in [0.5, 0.6) is 0 Å². The highest BCUT2D eigenvalue weighted by Crippen LogP contribution is 2.28. The normalized spacial score (nSPS) is 13.9. The van der Waals surface area contributed by atoms with E-state index >= 15 is 0 Å². The largest absolute Gasteiger partial charge is 0.324 e. The number of carbonyl (C=O) groups is 2. The summed E-state index contributed by atoms with van der Waals surface area (Å²) in [4.78, 5) is 28.0. The number of anilines is 1. The molecule has 0 radical (unpaired) electrons. The van der Waals surface area contributed by atoms with Gasteiger partial charge in [-0.3, -0.25) is 9.59 Å². The molecule has 0 saturated carbocycles. The minimum absolute atomic E-state index is 0.112. The molecule has 3 aromatic rings. The molecule has 4 rings (SSSR count). The first-order valence-electron chi connectivity index (χ1n) is 9.53. The summed E-state index contributed by atoms with van der Waals surface area (Å²) in [7, 11) is 0. The molecule has 1 aliphatic rings. The molecule has 0 fully saturated rings. The highest BCUT2D eigenvalue weighted by molar-refractivity contribution is 6.31. The van der Waals surface area contributed by atoms with E-state index in [1.54, 1.807) is 17.0 Å². The van der Waals surface area contributed by atoms with Gasteiger partial charge < -0.3 is 10.2 Å². The van der Waals surface area contributed by atoms with Gasteiger partial charge in [-0.2, -0.15) is 0 Å². The highest BCUT2D eigenvalue weighted by atomic mass is 35.5. The van der Waals surface area contributed by atoms with Crippen molar-refractivity contribution in [2.45, 2.75) is 25.9 Å². The van der Waals surface area contributed by atoms with Crippen LogP contribution in [0.2, 0.25) is 5.02 Å². The summed E-state index contributed by atoms with van der Waals surface area (Å²) in [6.45, 7) is 2.29. The maximum absolute atomic E-state index is 13.3. The second-order valence-corrected chi connectivity index (χ2v) is 7.60. The van der Waals surface area contributed by atoms with Crippen molar-refractivity contribution in [3.05, 3.63) is 100 Å². The van der Waals surface area contributed by atoms with Crippen LogP contribution in [-0.4, -0.2) is 22.8 Å². The zero-order chi connectivity index (χ0) is 20.4. The van der Waals surface area contributed by atoms with Gasteiger partial charge in [-0.15, -0.1) is 0 Å². The number of hydrogen-bond acceptors (Lipinski definition) is 2. The molecule has 0 saturated heterocycles. The summed E-state index contributed by atoms with van der Waals surface area (Å²) in [6.07, 6.45) is 0.437. The number of rotatable bonds is 5. The van der Waals surface area contributed by atoms with Crippen LogP contribution < -0.4 is 5.32 Å². The van der Waals surface area contributed by atoms with E-state index in [0.29, 0.717) is 29.2 Å². The Morgan fingerprint density at radius 2 is 1.76 bits per heavy atom. The lowest BCUT2D eigenvalue weighted by molar-refractivity contribution is -0.120. The number of halogens is 1. The summed E-state index contributed by atoms with van der Waals surface area (Å²) in [5.74, 6) is -0.333. The average Bonchev–Trinajstić information content (AvgIpc) is 3.07. The third-order valence-electron chi connectivity index (χ3n) is 5.33. The third kappa shape index (κ3) is 3.89. The van der Waals surface area contributed by atoms with Crippen LogP contribution in [-0.2, 0) is 17.8 Å². The number of nitrogens with one attached hydrogen (secondary N) is 1. The Morgan fingerprint density at radius 1 is 1.03 bits per heavy atom. The zero-order valence-electron chi connectivity index (χ0n) is 16.1. The molecule has 0 bridgehead atoms. The van der Waals surface area contributed by atoms with E-state index in [1.807, 2.05) is 67.6 Å². The molecule has 5 heteroatoms. The first kappa shape index (κ1) is 19.2. The Kier molecular flexibility index (Phi) is 5.36. The molecule has 1 aliphatic heterocycles. The summed E-state index contributed by atoms with van der Waals surface area (Å²) in [6, 6.07) is 22.0. The Balaban J connectivity index is 1.65. The molecular formula is C24H21ClN2O2. The summed E-state index contributed by atoms with van der Waals surface area (Å²) in [5, 5.41) is 3.57. The van der Waals surface area contributed by atoms with Crippen molar-refractivity contribution in [2.75, 3.05) is 5.32 Å². The standard InChI is InChI=1S/C24H21ClN2O2/c1-16-20(25)12-7-13-21(16)26-23(28)22(14-17-8-3-2-4-9-17)27-15-18-10-5-6-11-19(18)24(27)29/h2-13,22H,14-15H2,1H3,(H,26,28)/t22-/m1/s1. The molecule has 29 heavy (non-hydrogen) atoms. The van der Waals surface area contributed by atoms with Gasteiger partial charge in [-0.25, -0.2) is 0 Å². The zero-order valence-corrected chi connectivity index (χ0v) is 16.8. The number of amides is 2. The van der Waals surface area contributed by atoms with E-state index in [9.17, 15) is 9.59 Å². The second kappa shape index (κ2) is 8.10. The van der Waals surface area contributed by atoms with Crippen LogP contribution in [0.25, 0.3) is 0 Å². The Morgan fingerprint density at radius 3 is 2.52 bits per heavy atom. The van der Waals surface area contributed by atoms with E-state index < -0.39 is 6.04 Å². The van der Waals surface area contributed by atoms with Gasteiger partial charge in [0.2, 0.25) is 5.91 Å². The quantitative estimate of drug-likeness (QED) is 0.660. The van der Waals surface area contributed by atoms with Gasteiger partial charge in [0.25, 0.3) is 5.91 Å². The Labute approximate surface area is 175 Å². The summed E-state index contributed by atoms with van der Waals surface area (Å²) >= 11 is 6.20. The van der Waals surface area contributed by atoms with E-state index in [4.69, 9.17) is 11.6 Å². The SMILES string of the molecule is Cc1c(Cl)cccc1NC(=O)[C@@H](Cc1ccccc1)N1Cc2ccccc2C1=O. The van der Waals surface area contributed by atoms with Gasteiger partial charge in [0.1, 0.15) is 6.04 Å². The average molecular weight is 405 g/mol. The van der Waals surface area contributed by atoms with Crippen LogP contribution in [0.1, 0.15) is 27.0 Å². The molecular weight excluding hydrogens is 384 g/mol. The van der Waals surface area contributed by atoms with Gasteiger partial charge in [-0.1, -0.05) is 66.2 Å². The fraction of sp³-hybridized carbons (Fsp3) is 0.167. The molecule has 146 valence electrons. The fourth-order valence-electron chi connectivity index (χ4n) is 3.67. The Bertz CT molecular complexity index is 1070. The molecule has 3 aromatic carbocycles. The van der Waals surface area contributed by atoms with Crippen molar-refractivity contribution < 1.29 is 9.59 Å². The maximum Gasteiger partial charge on any atom is 0.255 e. The molecule has 0 spiro atoms. The van der Waals surface area contributed by atoms with Crippen molar-refractivity contribution in [1.29, 1.82) is 0 Å². The minimum atomic E-state index is -0.629. The van der Waals surface area contributed by atoms with E-state index in [-0.39, 0.29) is 11.8 Å². The second-order valence-electron chi connectivity index (χ2n) is 7.20. The first-order chi connectivity index (χ1) is 14.0. The third-order valence-corrected chi connectivity index (χ3v) is 5.74. The molecule has 0 aliphatic carbocycles. The topological polar surface area (TPSA) is 49.4 Å². The first-order valence-corrected chi connectivity index (χ1v) is 9.91. The molecule has 0 aromatic heterocycles. The number of fused-ring (bicyclic) bond motifs is 1. The van der Waals surface area contributed by atoms with Crippen LogP contribution in [0.3, 0.4) is 0 Å². The van der Waals surface area contributed by atoms with E-state index in [2.05, 4.69) is 5.32 Å². The number of hydrogen-bond donors (Lipinski definition) is 1. The van der Waals surface area contributed by atoms with Gasteiger partial charge >= 0.3 is 0 Å². The van der Waals surface area contributed by atoms with Crippen molar-refractivity contribution in [3.8, 4) is 0 Å². The van der Waals surface area contributed by atoms with Crippen molar-refractivity contribution in [2.24, 2.45) is 0 Å². The van der Waals surface area contributed by atoms with Gasteiger partial charge in [0.05, 0.1) is 0 Å². The highest BCUT2D eigenvalue weighted by Gasteiger charge is 2.36. The lowest BCUT2D eigenvalue weighted by Gasteiger charge is -2.27.